The molecule has 0 saturated heterocycles. The van der Waals surface area contributed by atoms with E-state index in [4.69, 9.17) is 10.1 Å². The van der Waals surface area contributed by atoms with Crippen LogP contribution in [-0.2, 0) is 13.1 Å². The second-order valence-electron chi connectivity index (χ2n) is 8.95. The number of pyridine rings is 1. The summed E-state index contributed by atoms with van der Waals surface area (Å²) in [5.74, 6) is 0.121. The van der Waals surface area contributed by atoms with Crippen LogP contribution >= 0.6 is 0 Å². The maximum Gasteiger partial charge on any atom is 0.257 e. The molecule has 10 heteroatoms. The van der Waals surface area contributed by atoms with E-state index in [0.29, 0.717) is 11.5 Å². The zero-order valence-electron chi connectivity index (χ0n) is 19.8. The van der Waals surface area contributed by atoms with Gasteiger partial charge in [0.05, 0.1) is 24.1 Å². The van der Waals surface area contributed by atoms with Crippen molar-refractivity contribution in [2.24, 2.45) is 0 Å². The van der Waals surface area contributed by atoms with Crippen molar-refractivity contribution in [1.82, 2.24) is 34.0 Å². The van der Waals surface area contributed by atoms with Crippen LogP contribution in [0.5, 0.6) is 0 Å². The molecule has 36 heavy (non-hydrogen) atoms. The van der Waals surface area contributed by atoms with E-state index in [9.17, 15) is 9.18 Å². The number of rotatable bonds is 4. The van der Waals surface area contributed by atoms with Gasteiger partial charge in [-0.15, -0.1) is 0 Å². The predicted molar refractivity (Wildman–Crippen MR) is 133 cm³/mol. The highest BCUT2D eigenvalue weighted by atomic mass is 19.1. The lowest BCUT2D eigenvalue weighted by molar-refractivity contribution is 0.102. The van der Waals surface area contributed by atoms with Crippen LogP contribution in [0.2, 0.25) is 0 Å². The smallest absolute Gasteiger partial charge is 0.257 e. The Morgan fingerprint density at radius 3 is 2.69 bits per heavy atom. The fourth-order valence-electron chi connectivity index (χ4n) is 4.43. The Balaban J connectivity index is 1.39. The first kappa shape index (κ1) is 22.1. The Morgan fingerprint density at radius 1 is 1.06 bits per heavy atom. The van der Waals surface area contributed by atoms with Crippen molar-refractivity contribution in [3.8, 4) is 22.6 Å². The number of hydrogen-bond donors (Lipinski definition) is 1. The molecule has 9 nitrogen and oxygen atoms in total. The average Bonchev–Trinajstić information content (AvgIpc) is 3.44. The summed E-state index contributed by atoms with van der Waals surface area (Å²) in [6.07, 6.45) is 2.89. The number of anilines is 1. The molecule has 180 valence electrons. The lowest BCUT2D eigenvalue weighted by Gasteiger charge is -2.24. The summed E-state index contributed by atoms with van der Waals surface area (Å²) in [6.45, 7) is 4.56. The van der Waals surface area contributed by atoms with Crippen molar-refractivity contribution in [2.45, 2.75) is 20.0 Å². The van der Waals surface area contributed by atoms with Gasteiger partial charge in [-0.25, -0.2) is 19.5 Å². The molecule has 0 radical (unpaired) electrons. The quantitative estimate of drug-likeness (QED) is 0.392. The number of amides is 1. The monoisotopic (exact) mass is 482 g/mol. The summed E-state index contributed by atoms with van der Waals surface area (Å²) in [5.41, 5.74) is 5.55. The van der Waals surface area contributed by atoms with Crippen LogP contribution in [-0.4, -0.2) is 53.5 Å². The zero-order chi connectivity index (χ0) is 24.8. The van der Waals surface area contributed by atoms with Crippen molar-refractivity contribution in [3.05, 3.63) is 83.8 Å². The normalized spacial score (nSPS) is 13.6. The van der Waals surface area contributed by atoms with E-state index in [1.165, 1.54) is 17.8 Å². The largest absolute Gasteiger partial charge is 0.324 e. The summed E-state index contributed by atoms with van der Waals surface area (Å²) < 4.78 is 17.3. The van der Waals surface area contributed by atoms with E-state index < -0.39 is 11.9 Å². The molecule has 0 aliphatic carbocycles. The van der Waals surface area contributed by atoms with E-state index in [2.05, 4.69) is 63.0 Å². The van der Waals surface area contributed by atoms with Crippen LogP contribution in [0.4, 0.5) is 10.2 Å². The molecule has 0 unspecified atom stereocenters. The number of benzene rings is 1. The molecule has 0 bridgehead atoms. The number of hydrogen-bond acceptors (Lipinski definition) is 6. The van der Waals surface area contributed by atoms with Gasteiger partial charge in [0.15, 0.2) is 11.5 Å². The molecule has 0 fully saturated rings. The number of carbonyl (C=O) groups is 1. The second kappa shape index (κ2) is 8.65. The number of aromatic nitrogens is 6. The van der Waals surface area contributed by atoms with E-state index in [1.807, 2.05) is 12.1 Å². The van der Waals surface area contributed by atoms with Crippen molar-refractivity contribution >= 4 is 17.4 Å². The number of nitrogens with one attached hydrogen (secondary N) is 1. The number of nitrogens with zero attached hydrogens (tertiary/aromatic N) is 7. The first-order chi connectivity index (χ1) is 17.4. The van der Waals surface area contributed by atoms with Gasteiger partial charge in [0.25, 0.3) is 5.91 Å². The Bertz CT molecular complexity index is 1600. The van der Waals surface area contributed by atoms with Crippen molar-refractivity contribution < 1.29 is 9.18 Å². The lowest BCUT2D eigenvalue weighted by atomic mass is 10.1. The maximum atomic E-state index is 13.4. The molecule has 1 aromatic carbocycles. The third kappa shape index (κ3) is 4.01. The topological polar surface area (TPSA) is 93.2 Å². The number of halogens is 1. The molecule has 1 aliphatic rings. The molecule has 0 spiro atoms. The Labute approximate surface area is 206 Å². The number of carbonyl (C=O) groups excluding carboxylic acids is 1. The first-order valence-corrected chi connectivity index (χ1v) is 11.6. The lowest BCUT2D eigenvalue weighted by Crippen LogP contribution is -2.30. The number of likely N-dealkylation sites (N-methyl/N-ethyl adjacent to an activating group) is 1. The number of aryl methyl sites for hydroxylation is 1. The van der Waals surface area contributed by atoms with Crippen molar-refractivity contribution in [3.63, 3.8) is 0 Å². The summed E-state index contributed by atoms with van der Waals surface area (Å²) >= 11 is 0. The van der Waals surface area contributed by atoms with Crippen LogP contribution < -0.4 is 5.32 Å². The summed E-state index contributed by atoms with van der Waals surface area (Å²) in [5, 5.41) is 7.52. The highest BCUT2D eigenvalue weighted by molar-refractivity contribution is 6.03. The van der Waals surface area contributed by atoms with Gasteiger partial charge in [0.1, 0.15) is 11.5 Å². The highest BCUT2D eigenvalue weighted by Gasteiger charge is 2.25. The molecule has 4 aromatic heterocycles. The SMILES string of the molecule is Cc1ccc(-c2nc3n(c2-c2ccc4nc(NC(=O)c5ccnc(F)c5)cn4n2)CCN(C)C3)cc1. The Hall–Kier alpha value is -4.44. The Kier molecular flexibility index (Phi) is 5.30. The fourth-order valence-corrected chi connectivity index (χ4v) is 4.43. The van der Waals surface area contributed by atoms with Gasteiger partial charge in [0, 0.05) is 36.5 Å². The van der Waals surface area contributed by atoms with Gasteiger partial charge >= 0.3 is 0 Å². The van der Waals surface area contributed by atoms with Crippen LogP contribution in [0.25, 0.3) is 28.3 Å². The first-order valence-electron chi connectivity index (χ1n) is 11.6. The van der Waals surface area contributed by atoms with Gasteiger partial charge in [-0.05, 0) is 32.2 Å². The van der Waals surface area contributed by atoms with Gasteiger partial charge in [-0.3, -0.25) is 9.69 Å². The average molecular weight is 483 g/mol. The van der Waals surface area contributed by atoms with Crippen LogP contribution in [0.1, 0.15) is 21.7 Å². The van der Waals surface area contributed by atoms with E-state index in [1.54, 1.807) is 10.7 Å². The van der Waals surface area contributed by atoms with Crippen molar-refractivity contribution in [2.75, 3.05) is 18.9 Å². The molecule has 0 saturated carbocycles. The predicted octanol–water partition coefficient (Wildman–Crippen LogP) is 3.80. The third-order valence-electron chi connectivity index (χ3n) is 6.28. The molecule has 0 atom stereocenters. The molecule has 1 N–H and O–H groups in total. The fraction of sp³-hybridized carbons (Fsp3) is 0.192. The summed E-state index contributed by atoms with van der Waals surface area (Å²) in [4.78, 5) is 27.7. The van der Waals surface area contributed by atoms with E-state index >= 15 is 0 Å². The van der Waals surface area contributed by atoms with Crippen molar-refractivity contribution in [1.29, 1.82) is 0 Å². The maximum absolute atomic E-state index is 13.4. The number of imidazole rings is 2. The standard InChI is InChI=1S/C26H23FN8O/c1-16-3-5-17(6-4-16)24-25(34-12-11-33(2)15-23(34)31-24)19-7-8-22-29-21(14-35(22)32-19)30-26(36)18-9-10-28-20(27)13-18/h3-10,13-14H,11-12,15H2,1-2H3,(H,30,36). The second-order valence-corrected chi connectivity index (χ2v) is 8.95. The van der Waals surface area contributed by atoms with Gasteiger partial charge in [-0.2, -0.15) is 9.49 Å². The molecule has 1 amide bonds. The van der Waals surface area contributed by atoms with Crippen LogP contribution in [0.15, 0.2) is 60.9 Å². The van der Waals surface area contributed by atoms with Gasteiger partial charge < -0.3 is 9.88 Å². The molecular weight excluding hydrogens is 459 g/mol. The van der Waals surface area contributed by atoms with E-state index in [0.717, 1.165) is 54.2 Å². The van der Waals surface area contributed by atoms with Gasteiger partial charge in [-0.1, -0.05) is 29.8 Å². The molecule has 5 heterocycles. The summed E-state index contributed by atoms with van der Waals surface area (Å²) in [6, 6.07) is 14.6. The minimum atomic E-state index is -0.719. The molecular formula is C26H23FN8O. The minimum Gasteiger partial charge on any atom is -0.324 e. The van der Waals surface area contributed by atoms with E-state index in [-0.39, 0.29) is 5.56 Å². The molecule has 5 aromatic rings. The van der Waals surface area contributed by atoms with Gasteiger partial charge in [0.2, 0.25) is 5.95 Å². The minimum absolute atomic E-state index is 0.159. The number of fused-ring (bicyclic) bond motifs is 2. The summed E-state index contributed by atoms with van der Waals surface area (Å²) in [7, 11) is 2.09. The highest BCUT2D eigenvalue weighted by Crippen LogP contribution is 2.34. The molecule has 6 rings (SSSR count). The van der Waals surface area contributed by atoms with Crippen LogP contribution in [0, 0.1) is 12.9 Å². The van der Waals surface area contributed by atoms with Crippen LogP contribution in [0.3, 0.4) is 0 Å². The molecule has 1 aliphatic heterocycles. The zero-order valence-corrected chi connectivity index (χ0v) is 19.8. The Morgan fingerprint density at radius 2 is 1.89 bits per heavy atom. The third-order valence-corrected chi connectivity index (χ3v) is 6.28.